The lowest BCUT2D eigenvalue weighted by molar-refractivity contribution is 0.112. The first-order valence-electron chi connectivity index (χ1n) is 6.16. The van der Waals surface area contributed by atoms with Crippen LogP contribution < -0.4 is 5.73 Å². The average molecular weight is 259 g/mol. The predicted octanol–water partition coefficient (Wildman–Crippen LogP) is 1.64. The molecule has 0 radical (unpaired) electrons. The van der Waals surface area contributed by atoms with Crippen LogP contribution in [0.2, 0.25) is 0 Å². The van der Waals surface area contributed by atoms with Crippen molar-refractivity contribution in [3.63, 3.8) is 0 Å². The SMILES string of the molecule is Cc1ccc(-c2nn(CCCO)c(N)c2C=O)cc1. The van der Waals surface area contributed by atoms with Gasteiger partial charge >= 0.3 is 0 Å². The summed E-state index contributed by atoms with van der Waals surface area (Å²) in [6, 6.07) is 7.76. The summed E-state index contributed by atoms with van der Waals surface area (Å²) in [6.07, 6.45) is 1.28. The second-order valence-corrected chi connectivity index (χ2v) is 4.43. The first kappa shape index (κ1) is 13.3. The minimum Gasteiger partial charge on any atom is -0.396 e. The lowest BCUT2D eigenvalue weighted by Gasteiger charge is -2.01. The lowest BCUT2D eigenvalue weighted by atomic mass is 10.1. The molecule has 1 heterocycles. The molecule has 0 bridgehead atoms. The zero-order valence-electron chi connectivity index (χ0n) is 10.8. The minimum absolute atomic E-state index is 0.0651. The quantitative estimate of drug-likeness (QED) is 0.800. The number of aliphatic hydroxyl groups is 1. The summed E-state index contributed by atoms with van der Waals surface area (Å²) in [7, 11) is 0. The predicted molar refractivity (Wildman–Crippen MR) is 73.9 cm³/mol. The van der Waals surface area contributed by atoms with E-state index < -0.39 is 0 Å². The first-order valence-corrected chi connectivity index (χ1v) is 6.16. The Hall–Kier alpha value is -2.14. The fourth-order valence-electron chi connectivity index (χ4n) is 1.92. The molecule has 0 fully saturated rings. The molecule has 1 aromatic carbocycles. The van der Waals surface area contributed by atoms with Gasteiger partial charge < -0.3 is 10.8 Å². The third-order valence-electron chi connectivity index (χ3n) is 3.00. The molecule has 5 nitrogen and oxygen atoms in total. The minimum atomic E-state index is 0.0651. The van der Waals surface area contributed by atoms with E-state index in [4.69, 9.17) is 10.8 Å². The number of carbonyl (C=O) groups excluding carboxylic acids is 1. The third kappa shape index (κ3) is 2.66. The van der Waals surface area contributed by atoms with E-state index in [1.54, 1.807) is 4.68 Å². The summed E-state index contributed by atoms with van der Waals surface area (Å²) in [5.74, 6) is 0.346. The Bertz CT molecular complexity index is 573. The zero-order valence-corrected chi connectivity index (χ0v) is 10.8. The lowest BCUT2D eigenvalue weighted by Crippen LogP contribution is -2.06. The molecule has 3 N–H and O–H groups in total. The Kier molecular flexibility index (Phi) is 3.97. The maximum absolute atomic E-state index is 11.2. The molecule has 1 aromatic heterocycles. The van der Waals surface area contributed by atoms with Crippen molar-refractivity contribution >= 4 is 12.1 Å². The van der Waals surface area contributed by atoms with Gasteiger partial charge in [0.1, 0.15) is 11.5 Å². The van der Waals surface area contributed by atoms with Gasteiger partial charge in [0, 0.05) is 18.7 Å². The highest BCUT2D eigenvalue weighted by atomic mass is 16.3. The van der Waals surface area contributed by atoms with Crippen molar-refractivity contribution < 1.29 is 9.90 Å². The monoisotopic (exact) mass is 259 g/mol. The smallest absolute Gasteiger partial charge is 0.156 e. The van der Waals surface area contributed by atoms with Crippen LogP contribution in [0.1, 0.15) is 22.3 Å². The molecular weight excluding hydrogens is 242 g/mol. The van der Waals surface area contributed by atoms with Crippen LogP contribution in [0, 0.1) is 6.92 Å². The molecule has 0 spiro atoms. The number of nitrogens with two attached hydrogens (primary N) is 1. The number of hydrogen-bond donors (Lipinski definition) is 2. The molecule has 0 saturated heterocycles. The van der Waals surface area contributed by atoms with E-state index >= 15 is 0 Å². The second kappa shape index (κ2) is 5.67. The molecular formula is C14H17N3O2. The Balaban J connectivity index is 2.44. The van der Waals surface area contributed by atoms with Crippen molar-refractivity contribution in [1.82, 2.24) is 9.78 Å². The van der Waals surface area contributed by atoms with Gasteiger partial charge in [-0.15, -0.1) is 0 Å². The topological polar surface area (TPSA) is 81.1 Å². The number of hydrogen-bond acceptors (Lipinski definition) is 4. The highest BCUT2D eigenvalue weighted by molar-refractivity contribution is 5.91. The number of aliphatic hydroxyl groups excluding tert-OH is 1. The summed E-state index contributed by atoms with van der Waals surface area (Å²) >= 11 is 0. The number of benzene rings is 1. The normalized spacial score (nSPS) is 10.6. The van der Waals surface area contributed by atoms with E-state index in [0.717, 1.165) is 17.4 Å². The van der Waals surface area contributed by atoms with Crippen molar-refractivity contribution in [3.05, 3.63) is 35.4 Å². The number of rotatable bonds is 5. The van der Waals surface area contributed by atoms with Gasteiger partial charge in [-0.2, -0.15) is 5.10 Å². The highest BCUT2D eigenvalue weighted by Gasteiger charge is 2.16. The molecule has 0 atom stereocenters. The van der Waals surface area contributed by atoms with Gasteiger partial charge in [0.15, 0.2) is 6.29 Å². The molecule has 0 aliphatic rings. The Morgan fingerprint density at radius 1 is 1.37 bits per heavy atom. The molecule has 0 aliphatic heterocycles. The number of aromatic nitrogens is 2. The number of aldehydes is 1. The fraction of sp³-hybridized carbons (Fsp3) is 0.286. The van der Waals surface area contributed by atoms with Crippen molar-refractivity contribution in [2.24, 2.45) is 0 Å². The summed E-state index contributed by atoms with van der Waals surface area (Å²) in [5.41, 5.74) is 8.91. The number of aryl methyl sites for hydroxylation is 2. The van der Waals surface area contributed by atoms with Crippen LogP contribution in [0.4, 0.5) is 5.82 Å². The zero-order chi connectivity index (χ0) is 13.8. The molecule has 5 heteroatoms. The van der Waals surface area contributed by atoms with Gasteiger partial charge in [-0.05, 0) is 13.3 Å². The van der Waals surface area contributed by atoms with Gasteiger partial charge in [-0.25, -0.2) is 4.68 Å². The van der Waals surface area contributed by atoms with Crippen LogP contribution >= 0.6 is 0 Å². The molecule has 100 valence electrons. The van der Waals surface area contributed by atoms with E-state index in [9.17, 15) is 4.79 Å². The van der Waals surface area contributed by atoms with E-state index in [-0.39, 0.29) is 6.61 Å². The first-order chi connectivity index (χ1) is 9.17. The van der Waals surface area contributed by atoms with Crippen LogP contribution in [0.5, 0.6) is 0 Å². The molecule has 19 heavy (non-hydrogen) atoms. The van der Waals surface area contributed by atoms with Crippen molar-refractivity contribution in [2.75, 3.05) is 12.3 Å². The largest absolute Gasteiger partial charge is 0.396 e. The number of nitrogen functional groups attached to an aromatic ring is 1. The summed E-state index contributed by atoms with van der Waals surface area (Å²) in [6.45, 7) is 2.56. The van der Waals surface area contributed by atoms with Gasteiger partial charge in [0.25, 0.3) is 0 Å². The van der Waals surface area contributed by atoms with Crippen LogP contribution in [0.3, 0.4) is 0 Å². The van der Waals surface area contributed by atoms with Gasteiger partial charge in [0.05, 0.1) is 5.56 Å². The molecule has 2 aromatic rings. The standard InChI is InChI=1S/C14H17N3O2/c1-10-3-5-11(6-4-10)13-12(9-19)14(15)17(16-13)7-2-8-18/h3-6,9,18H,2,7-8,15H2,1H3. The highest BCUT2D eigenvalue weighted by Crippen LogP contribution is 2.26. The Morgan fingerprint density at radius 3 is 2.63 bits per heavy atom. The summed E-state index contributed by atoms with van der Waals surface area (Å²) in [5, 5.41) is 13.2. The van der Waals surface area contributed by atoms with Gasteiger partial charge in [-0.3, -0.25) is 4.79 Å². The second-order valence-electron chi connectivity index (χ2n) is 4.43. The molecule has 0 saturated carbocycles. The van der Waals surface area contributed by atoms with Crippen LogP contribution in [0.15, 0.2) is 24.3 Å². The van der Waals surface area contributed by atoms with Crippen LogP contribution in [-0.4, -0.2) is 27.8 Å². The molecule has 0 aliphatic carbocycles. The van der Waals surface area contributed by atoms with E-state index in [0.29, 0.717) is 30.0 Å². The maximum Gasteiger partial charge on any atom is 0.156 e. The van der Waals surface area contributed by atoms with Crippen LogP contribution in [-0.2, 0) is 6.54 Å². The van der Waals surface area contributed by atoms with Crippen LogP contribution in [0.25, 0.3) is 11.3 Å². The summed E-state index contributed by atoms with van der Waals surface area (Å²) in [4.78, 5) is 11.2. The maximum atomic E-state index is 11.2. The number of anilines is 1. The molecule has 2 rings (SSSR count). The van der Waals surface area contributed by atoms with E-state index in [1.165, 1.54) is 0 Å². The van der Waals surface area contributed by atoms with Gasteiger partial charge in [-0.1, -0.05) is 29.8 Å². The molecule has 0 unspecified atom stereocenters. The van der Waals surface area contributed by atoms with Crippen molar-refractivity contribution in [3.8, 4) is 11.3 Å². The average Bonchev–Trinajstić information content (AvgIpc) is 2.73. The van der Waals surface area contributed by atoms with Gasteiger partial charge in [0.2, 0.25) is 0 Å². The van der Waals surface area contributed by atoms with E-state index in [2.05, 4.69) is 5.10 Å². The number of carbonyl (C=O) groups is 1. The number of nitrogens with zero attached hydrogens (tertiary/aromatic N) is 2. The molecule has 0 amide bonds. The van der Waals surface area contributed by atoms with Crippen molar-refractivity contribution in [2.45, 2.75) is 19.9 Å². The Labute approximate surface area is 111 Å². The Morgan fingerprint density at radius 2 is 2.05 bits per heavy atom. The fourth-order valence-corrected chi connectivity index (χ4v) is 1.92. The third-order valence-corrected chi connectivity index (χ3v) is 3.00. The summed E-state index contributed by atoms with van der Waals surface area (Å²) < 4.78 is 1.56. The van der Waals surface area contributed by atoms with Crippen molar-refractivity contribution in [1.29, 1.82) is 0 Å². The van der Waals surface area contributed by atoms with E-state index in [1.807, 2.05) is 31.2 Å².